The van der Waals surface area contributed by atoms with Gasteiger partial charge in [0.05, 0.1) is 4.92 Å². The Balaban J connectivity index is 3.09. The van der Waals surface area contributed by atoms with Gasteiger partial charge in [0.15, 0.2) is 0 Å². The number of hydrogen-bond acceptors (Lipinski definition) is 3. The minimum atomic E-state index is -0.595. The van der Waals surface area contributed by atoms with Crippen molar-refractivity contribution in [1.29, 1.82) is 0 Å². The summed E-state index contributed by atoms with van der Waals surface area (Å²) in [6, 6.07) is 2.72. The number of nitro groups is 1. The fourth-order valence-electron chi connectivity index (χ4n) is 1.24. The van der Waals surface area contributed by atoms with Crippen molar-refractivity contribution >= 4 is 5.69 Å². The molecule has 2 N–H and O–H groups in total. The molecule has 0 aromatic heterocycles. The van der Waals surface area contributed by atoms with Crippen LogP contribution in [0.15, 0.2) is 30.9 Å². The summed E-state index contributed by atoms with van der Waals surface area (Å²) < 4.78 is 13.3. The van der Waals surface area contributed by atoms with Gasteiger partial charge in [-0.2, -0.15) is 0 Å². The average molecular weight is 210 g/mol. The van der Waals surface area contributed by atoms with Crippen LogP contribution in [0.25, 0.3) is 0 Å². The van der Waals surface area contributed by atoms with Crippen LogP contribution >= 0.6 is 0 Å². The van der Waals surface area contributed by atoms with Gasteiger partial charge in [0, 0.05) is 23.7 Å². The summed E-state index contributed by atoms with van der Waals surface area (Å²) in [4.78, 5) is 9.89. The Hall–Kier alpha value is -1.75. The van der Waals surface area contributed by atoms with Gasteiger partial charge in [0.1, 0.15) is 5.82 Å². The summed E-state index contributed by atoms with van der Waals surface area (Å²) in [5.41, 5.74) is 5.62. The van der Waals surface area contributed by atoms with Crippen molar-refractivity contribution in [3.63, 3.8) is 0 Å². The first kappa shape index (κ1) is 11.3. The molecule has 0 fully saturated rings. The van der Waals surface area contributed by atoms with Crippen LogP contribution in [-0.2, 0) is 0 Å². The molecule has 0 spiro atoms. The molecule has 15 heavy (non-hydrogen) atoms. The van der Waals surface area contributed by atoms with Crippen LogP contribution in [0.5, 0.6) is 0 Å². The van der Waals surface area contributed by atoms with E-state index in [2.05, 4.69) is 6.58 Å². The van der Waals surface area contributed by atoms with Crippen LogP contribution in [0.3, 0.4) is 0 Å². The molecule has 1 rings (SSSR count). The normalized spacial score (nSPS) is 12.1. The zero-order chi connectivity index (χ0) is 11.4. The topological polar surface area (TPSA) is 69.2 Å². The molecule has 0 unspecified atom stereocenters. The summed E-state index contributed by atoms with van der Waals surface area (Å²) in [6.45, 7) is 3.48. The SMILES string of the molecule is C=CC[C@H](N)c1cc([N+](=O)[O-])ccc1F. The van der Waals surface area contributed by atoms with Crippen molar-refractivity contribution < 1.29 is 9.31 Å². The molecule has 0 aliphatic rings. The lowest BCUT2D eigenvalue weighted by atomic mass is 10.0. The van der Waals surface area contributed by atoms with Gasteiger partial charge in [-0.05, 0) is 12.5 Å². The summed E-state index contributed by atoms with van der Waals surface area (Å²) >= 11 is 0. The summed E-state index contributed by atoms with van der Waals surface area (Å²) in [6.07, 6.45) is 1.92. The van der Waals surface area contributed by atoms with Crippen molar-refractivity contribution in [3.8, 4) is 0 Å². The fraction of sp³-hybridized carbons (Fsp3) is 0.200. The second-order valence-corrected chi connectivity index (χ2v) is 3.09. The van der Waals surface area contributed by atoms with Crippen molar-refractivity contribution in [1.82, 2.24) is 0 Å². The molecule has 0 bridgehead atoms. The zero-order valence-electron chi connectivity index (χ0n) is 8.02. The molecule has 0 heterocycles. The first-order valence-electron chi connectivity index (χ1n) is 4.36. The van der Waals surface area contributed by atoms with Gasteiger partial charge in [0.2, 0.25) is 0 Å². The Labute approximate surface area is 86.4 Å². The Morgan fingerprint density at radius 2 is 2.33 bits per heavy atom. The Morgan fingerprint density at radius 3 is 2.87 bits per heavy atom. The maximum Gasteiger partial charge on any atom is 0.269 e. The highest BCUT2D eigenvalue weighted by Gasteiger charge is 2.15. The van der Waals surface area contributed by atoms with E-state index < -0.39 is 16.8 Å². The summed E-state index contributed by atoms with van der Waals surface area (Å²) in [7, 11) is 0. The molecule has 5 heteroatoms. The Morgan fingerprint density at radius 1 is 1.67 bits per heavy atom. The number of benzene rings is 1. The molecule has 0 saturated heterocycles. The third kappa shape index (κ3) is 2.60. The lowest BCUT2D eigenvalue weighted by Gasteiger charge is -2.09. The molecular weight excluding hydrogens is 199 g/mol. The molecule has 0 amide bonds. The molecule has 1 atom stereocenters. The number of nitrogens with zero attached hydrogens (tertiary/aromatic N) is 1. The van der Waals surface area contributed by atoms with Crippen LogP contribution in [0.1, 0.15) is 18.0 Å². The lowest BCUT2D eigenvalue weighted by Crippen LogP contribution is -2.11. The molecule has 0 aliphatic heterocycles. The van der Waals surface area contributed by atoms with E-state index in [1.165, 1.54) is 0 Å². The van der Waals surface area contributed by atoms with Gasteiger partial charge in [-0.25, -0.2) is 4.39 Å². The number of nitrogens with two attached hydrogens (primary N) is 1. The maximum atomic E-state index is 13.3. The number of hydrogen-bond donors (Lipinski definition) is 1. The third-order valence-corrected chi connectivity index (χ3v) is 2.01. The third-order valence-electron chi connectivity index (χ3n) is 2.01. The van der Waals surface area contributed by atoms with Crippen LogP contribution in [-0.4, -0.2) is 4.92 Å². The molecule has 1 aromatic carbocycles. The van der Waals surface area contributed by atoms with Gasteiger partial charge < -0.3 is 5.73 Å². The highest BCUT2D eigenvalue weighted by atomic mass is 19.1. The lowest BCUT2D eigenvalue weighted by molar-refractivity contribution is -0.385. The number of rotatable bonds is 4. The second-order valence-electron chi connectivity index (χ2n) is 3.09. The fourth-order valence-corrected chi connectivity index (χ4v) is 1.24. The highest BCUT2D eigenvalue weighted by molar-refractivity contribution is 5.36. The molecule has 0 saturated carbocycles. The highest BCUT2D eigenvalue weighted by Crippen LogP contribution is 2.23. The van der Waals surface area contributed by atoms with Crippen molar-refractivity contribution in [2.75, 3.05) is 0 Å². The molecule has 0 radical (unpaired) electrons. The maximum absolute atomic E-state index is 13.3. The van der Waals surface area contributed by atoms with E-state index in [0.29, 0.717) is 6.42 Å². The number of non-ortho nitro benzene ring substituents is 1. The second kappa shape index (κ2) is 4.65. The van der Waals surface area contributed by atoms with Crippen molar-refractivity contribution in [3.05, 3.63) is 52.3 Å². The van der Waals surface area contributed by atoms with Crippen LogP contribution < -0.4 is 5.73 Å². The predicted molar refractivity (Wildman–Crippen MR) is 54.8 cm³/mol. The standard InChI is InChI=1S/C10H11FN2O2/c1-2-3-10(12)8-6-7(13(14)15)4-5-9(8)11/h2,4-6,10H,1,3,12H2/t10-/m0/s1. The molecule has 4 nitrogen and oxygen atoms in total. The summed E-state index contributed by atoms with van der Waals surface area (Å²) in [5.74, 6) is -0.532. The Bertz CT molecular complexity index is 393. The van der Waals surface area contributed by atoms with Crippen LogP contribution in [0.4, 0.5) is 10.1 Å². The molecule has 1 aromatic rings. The smallest absolute Gasteiger partial charge is 0.269 e. The average Bonchev–Trinajstić information content (AvgIpc) is 2.18. The molecule has 80 valence electrons. The minimum absolute atomic E-state index is 0.143. The zero-order valence-corrected chi connectivity index (χ0v) is 8.02. The largest absolute Gasteiger partial charge is 0.324 e. The van der Waals surface area contributed by atoms with E-state index in [9.17, 15) is 14.5 Å². The monoisotopic (exact) mass is 210 g/mol. The van der Waals surface area contributed by atoms with Crippen molar-refractivity contribution in [2.24, 2.45) is 5.73 Å². The van der Waals surface area contributed by atoms with Crippen LogP contribution in [0.2, 0.25) is 0 Å². The van der Waals surface area contributed by atoms with Gasteiger partial charge in [-0.15, -0.1) is 6.58 Å². The van der Waals surface area contributed by atoms with E-state index in [1.54, 1.807) is 6.08 Å². The van der Waals surface area contributed by atoms with E-state index in [0.717, 1.165) is 18.2 Å². The predicted octanol–water partition coefficient (Wildman–Crippen LogP) is 2.31. The van der Waals surface area contributed by atoms with Gasteiger partial charge in [0.25, 0.3) is 5.69 Å². The van der Waals surface area contributed by atoms with Gasteiger partial charge >= 0.3 is 0 Å². The van der Waals surface area contributed by atoms with Gasteiger partial charge in [-0.3, -0.25) is 10.1 Å². The van der Waals surface area contributed by atoms with Gasteiger partial charge in [-0.1, -0.05) is 6.08 Å². The van der Waals surface area contributed by atoms with Crippen molar-refractivity contribution in [2.45, 2.75) is 12.5 Å². The number of halogens is 1. The molecular formula is C10H11FN2O2. The van der Waals surface area contributed by atoms with E-state index >= 15 is 0 Å². The van der Waals surface area contributed by atoms with E-state index in [1.807, 2.05) is 0 Å². The first-order chi connectivity index (χ1) is 7.06. The van der Waals surface area contributed by atoms with Crippen LogP contribution in [0, 0.1) is 15.9 Å². The first-order valence-corrected chi connectivity index (χ1v) is 4.36. The quantitative estimate of drug-likeness (QED) is 0.471. The van der Waals surface area contributed by atoms with E-state index in [-0.39, 0.29) is 11.3 Å². The van der Waals surface area contributed by atoms with E-state index in [4.69, 9.17) is 5.73 Å². The number of nitro benzene ring substituents is 1. The molecule has 0 aliphatic carbocycles. The minimum Gasteiger partial charge on any atom is -0.324 e. The summed E-state index contributed by atoms with van der Waals surface area (Å²) in [5, 5.41) is 10.5. The Kier molecular flexibility index (Phi) is 3.51.